The highest BCUT2D eigenvalue weighted by Gasteiger charge is 2.25. The van der Waals surface area contributed by atoms with Gasteiger partial charge in [-0.2, -0.15) is 0 Å². The van der Waals surface area contributed by atoms with Crippen LogP contribution in [0.2, 0.25) is 0 Å². The topological polar surface area (TPSA) is 108 Å². The minimum absolute atomic E-state index is 0.0151. The Balaban J connectivity index is 2.50. The molecule has 3 amide bonds. The molecule has 0 aliphatic carbocycles. The summed E-state index contributed by atoms with van der Waals surface area (Å²) < 4.78 is 0. The Morgan fingerprint density at radius 2 is 1.68 bits per heavy atom. The minimum atomic E-state index is -0.903. The van der Waals surface area contributed by atoms with Gasteiger partial charge in [0.2, 0.25) is 5.91 Å². The highest BCUT2D eigenvalue weighted by atomic mass is 16.4. The fraction of sp³-hybridized carbons (Fsp3) is 0.500. The van der Waals surface area contributed by atoms with Gasteiger partial charge >= 0.3 is 12.0 Å². The second-order valence-electron chi connectivity index (χ2n) is 6.38. The van der Waals surface area contributed by atoms with Crippen molar-refractivity contribution in [3.63, 3.8) is 0 Å². The van der Waals surface area contributed by atoms with E-state index < -0.39 is 18.0 Å². The third-order valence-electron chi connectivity index (χ3n) is 3.71. The number of carbonyl (C=O) groups excluding carboxylic acids is 2. The molecule has 0 spiro atoms. The lowest BCUT2D eigenvalue weighted by molar-refractivity contribution is -0.137. The molecule has 0 aliphatic heterocycles. The smallest absolute Gasteiger partial charge is 0.315 e. The zero-order valence-corrected chi connectivity index (χ0v) is 14.9. The van der Waals surface area contributed by atoms with Crippen molar-refractivity contribution < 1.29 is 19.5 Å². The van der Waals surface area contributed by atoms with Crippen LogP contribution in [0.25, 0.3) is 0 Å². The maximum absolute atomic E-state index is 12.3. The summed E-state index contributed by atoms with van der Waals surface area (Å²) in [6.45, 7) is 5.79. The van der Waals surface area contributed by atoms with Crippen molar-refractivity contribution in [2.45, 2.75) is 52.2 Å². The highest BCUT2D eigenvalue weighted by Crippen LogP contribution is 2.04. The van der Waals surface area contributed by atoms with Crippen molar-refractivity contribution in [3.8, 4) is 0 Å². The molecule has 0 saturated heterocycles. The summed E-state index contributed by atoms with van der Waals surface area (Å²) in [4.78, 5) is 35.0. The number of carboxylic acids is 1. The molecule has 1 aromatic carbocycles. The zero-order chi connectivity index (χ0) is 18.8. The van der Waals surface area contributed by atoms with Crippen molar-refractivity contribution >= 4 is 17.9 Å². The van der Waals surface area contributed by atoms with E-state index in [1.807, 2.05) is 44.2 Å². The Labute approximate surface area is 148 Å². The molecule has 0 fully saturated rings. The average molecular weight is 349 g/mol. The van der Waals surface area contributed by atoms with Crippen LogP contribution in [-0.2, 0) is 16.1 Å². The molecule has 25 heavy (non-hydrogen) atoms. The summed E-state index contributed by atoms with van der Waals surface area (Å²) in [6, 6.07) is 8.08. The maximum atomic E-state index is 12.3. The average Bonchev–Trinajstić information content (AvgIpc) is 2.56. The molecule has 0 aliphatic rings. The van der Waals surface area contributed by atoms with Crippen LogP contribution < -0.4 is 16.0 Å². The van der Waals surface area contributed by atoms with Crippen molar-refractivity contribution in [2.24, 2.45) is 5.92 Å². The van der Waals surface area contributed by atoms with Gasteiger partial charge in [-0.15, -0.1) is 0 Å². The molecule has 0 bridgehead atoms. The Bertz CT molecular complexity index is 575. The van der Waals surface area contributed by atoms with E-state index in [0.29, 0.717) is 13.0 Å². The number of hydrogen-bond acceptors (Lipinski definition) is 3. The van der Waals surface area contributed by atoms with E-state index in [9.17, 15) is 14.4 Å². The van der Waals surface area contributed by atoms with Gasteiger partial charge in [0.1, 0.15) is 6.04 Å². The first-order valence-corrected chi connectivity index (χ1v) is 8.40. The lowest BCUT2D eigenvalue weighted by Gasteiger charge is -2.24. The number of carbonyl (C=O) groups is 3. The van der Waals surface area contributed by atoms with E-state index in [-0.39, 0.29) is 24.3 Å². The summed E-state index contributed by atoms with van der Waals surface area (Å²) in [5, 5.41) is 16.8. The zero-order valence-electron chi connectivity index (χ0n) is 14.9. The minimum Gasteiger partial charge on any atom is -0.481 e. The van der Waals surface area contributed by atoms with Gasteiger partial charge in [-0.05, 0) is 24.8 Å². The fourth-order valence-electron chi connectivity index (χ4n) is 2.25. The molecule has 0 radical (unpaired) electrons. The van der Waals surface area contributed by atoms with Gasteiger partial charge in [-0.25, -0.2) is 4.79 Å². The van der Waals surface area contributed by atoms with Crippen LogP contribution in [0.3, 0.4) is 0 Å². The number of hydrogen-bond donors (Lipinski definition) is 4. The summed E-state index contributed by atoms with van der Waals surface area (Å²) in [5.41, 5.74) is 0.963. The number of carboxylic acid groups (broad SMARTS) is 1. The van der Waals surface area contributed by atoms with E-state index >= 15 is 0 Å². The predicted molar refractivity (Wildman–Crippen MR) is 94.9 cm³/mol. The molecular weight excluding hydrogens is 322 g/mol. The van der Waals surface area contributed by atoms with Crippen molar-refractivity contribution in [3.05, 3.63) is 35.9 Å². The maximum Gasteiger partial charge on any atom is 0.315 e. The van der Waals surface area contributed by atoms with E-state index in [4.69, 9.17) is 5.11 Å². The van der Waals surface area contributed by atoms with E-state index in [1.54, 1.807) is 6.92 Å². The summed E-state index contributed by atoms with van der Waals surface area (Å²) in [5.74, 6) is -1.32. The van der Waals surface area contributed by atoms with Gasteiger partial charge < -0.3 is 21.1 Å². The summed E-state index contributed by atoms with van der Waals surface area (Å²) in [6.07, 6.45) is 0.324. The number of rotatable bonds is 9. The van der Waals surface area contributed by atoms with Crippen LogP contribution in [-0.4, -0.2) is 35.1 Å². The SMILES string of the molecule is CC(CCC(=O)O)NC(=O)C(NC(=O)NCc1ccccc1)C(C)C. The molecule has 0 saturated carbocycles. The van der Waals surface area contributed by atoms with Crippen LogP contribution in [0.15, 0.2) is 30.3 Å². The second-order valence-corrected chi connectivity index (χ2v) is 6.38. The summed E-state index contributed by atoms with van der Waals surface area (Å²) >= 11 is 0. The summed E-state index contributed by atoms with van der Waals surface area (Å²) in [7, 11) is 0. The first-order chi connectivity index (χ1) is 11.8. The first kappa shape index (κ1) is 20.5. The van der Waals surface area contributed by atoms with E-state index in [1.165, 1.54) is 0 Å². The molecule has 7 nitrogen and oxygen atoms in total. The monoisotopic (exact) mass is 349 g/mol. The normalized spacial score (nSPS) is 13.0. The first-order valence-electron chi connectivity index (χ1n) is 8.40. The van der Waals surface area contributed by atoms with E-state index in [2.05, 4.69) is 16.0 Å². The molecule has 7 heteroatoms. The number of aliphatic carboxylic acids is 1. The van der Waals surface area contributed by atoms with Gasteiger partial charge in [0.15, 0.2) is 0 Å². The molecule has 4 N–H and O–H groups in total. The van der Waals surface area contributed by atoms with Crippen molar-refractivity contribution in [1.29, 1.82) is 0 Å². The predicted octanol–water partition coefficient (Wildman–Crippen LogP) is 1.88. The van der Waals surface area contributed by atoms with Crippen LogP contribution in [0.5, 0.6) is 0 Å². The lowest BCUT2D eigenvalue weighted by atomic mass is 10.0. The number of amides is 3. The molecule has 0 heterocycles. The quantitative estimate of drug-likeness (QED) is 0.546. The molecule has 2 unspecified atom stereocenters. The van der Waals surface area contributed by atoms with Crippen LogP contribution in [0.1, 0.15) is 39.2 Å². The molecule has 1 rings (SSSR count). The van der Waals surface area contributed by atoms with Gasteiger partial charge in [-0.1, -0.05) is 44.2 Å². The van der Waals surface area contributed by atoms with Gasteiger partial charge in [0.05, 0.1) is 0 Å². The van der Waals surface area contributed by atoms with Gasteiger partial charge in [0.25, 0.3) is 0 Å². The Kier molecular flexibility index (Phi) is 8.46. The van der Waals surface area contributed by atoms with Crippen LogP contribution in [0, 0.1) is 5.92 Å². The molecular formula is C18H27N3O4. The van der Waals surface area contributed by atoms with Crippen LogP contribution in [0.4, 0.5) is 4.79 Å². The third-order valence-corrected chi connectivity index (χ3v) is 3.71. The largest absolute Gasteiger partial charge is 0.481 e. The molecule has 138 valence electrons. The molecule has 0 aromatic heterocycles. The standard InChI is InChI=1S/C18H27N3O4/c1-12(2)16(17(24)20-13(3)9-10-15(22)23)21-18(25)19-11-14-7-5-4-6-8-14/h4-8,12-13,16H,9-11H2,1-3H3,(H,20,24)(H,22,23)(H2,19,21,25). The second kappa shape index (κ2) is 10.3. The number of benzene rings is 1. The van der Waals surface area contributed by atoms with Crippen molar-refractivity contribution in [2.75, 3.05) is 0 Å². The lowest BCUT2D eigenvalue weighted by Crippen LogP contribution is -2.53. The Hall–Kier alpha value is -2.57. The van der Waals surface area contributed by atoms with Crippen molar-refractivity contribution in [1.82, 2.24) is 16.0 Å². The Morgan fingerprint density at radius 3 is 2.24 bits per heavy atom. The highest BCUT2D eigenvalue weighted by molar-refractivity contribution is 5.87. The molecule has 2 atom stereocenters. The van der Waals surface area contributed by atoms with Gasteiger partial charge in [0, 0.05) is 19.0 Å². The van der Waals surface area contributed by atoms with Gasteiger partial charge in [-0.3, -0.25) is 9.59 Å². The number of nitrogens with one attached hydrogen (secondary N) is 3. The fourth-order valence-corrected chi connectivity index (χ4v) is 2.25. The third kappa shape index (κ3) is 8.19. The number of urea groups is 1. The Morgan fingerprint density at radius 1 is 1.04 bits per heavy atom. The van der Waals surface area contributed by atoms with E-state index in [0.717, 1.165) is 5.56 Å². The molecule has 1 aromatic rings. The van der Waals surface area contributed by atoms with Crippen LogP contribution >= 0.6 is 0 Å².